The number of carboxylic acid groups (broad SMARTS) is 1. The van der Waals surface area contributed by atoms with Gasteiger partial charge in [0.1, 0.15) is 6.04 Å². The molecule has 1 fully saturated rings. The first-order chi connectivity index (χ1) is 5.15. The van der Waals surface area contributed by atoms with E-state index in [1.165, 1.54) is 0 Å². The number of hydrogen-bond donors (Lipinski definition) is 2. The van der Waals surface area contributed by atoms with Crippen LogP contribution in [0.3, 0.4) is 0 Å². The molecule has 0 bridgehead atoms. The molecule has 1 aliphatic rings. The fourth-order valence-corrected chi connectivity index (χ4v) is 1.20. The molecule has 4 nitrogen and oxygen atoms in total. The summed E-state index contributed by atoms with van der Waals surface area (Å²) < 4.78 is 0. The highest BCUT2D eigenvalue weighted by Gasteiger charge is 2.32. The Balaban J connectivity index is 2.26. The Labute approximate surface area is 65.4 Å². The van der Waals surface area contributed by atoms with Crippen LogP contribution in [-0.2, 0) is 4.79 Å². The van der Waals surface area contributed by atoms with Crippen LogP contribution >= 0.6 is 0 Å². The van der Waals surface area contributed by atoms with Crippen molar-refractivity contribution in [2.75, 3.05) is 19.7 Å². The van der Waals surface area contributed by atoms with Crippen molar-refractivity contribution in [2.45, 2.75) is 13.0 Å². The van der Waals surface area contributed by atoms with Gasteiger partial charge in [0.05, 0.1) is 0 Å². The first-order valence-corrected chi connectivity index (χ1v) is 3.73. The van der Waals surface area contributed by atoms with Crippen LogP contribution in [0.15, 0.2) is 0 Å². The monoisotopic (exact) mass is 159 g/mol. The van der Waals surface area contributed by atoms with Gasteiger partial charge in [0.25, 0.3) is 0 Å². The summed E-state index contributed by atoms with van der Waals surface area (Å²) in [6.07, 6.45) is 0. The summed E-state index contributed by atoms with van der Waals surface area (Å²) in [5.41, 5.74) is 0. The molecule has 0 aromatic rings. The number of likely N-dealkylation sites (tertiary alicyclic amines) is 1. The lowest BCUT2D eigenvalue weighted by Gasteiger charge is -2.40. The van der Waals surface area contributed by atoms with E-state index in [0.717, 1.165) is 0 Å². The number of carbonyl (C=O) groups is 1. The number of rotatable bonds is 3. The van der Waals surface area contributed by atoms with Crippen LogP contribution in [0.2, 0.25) is 0 Å². The van der Waals surface area contributed by atoms with Crippen molar-refractivity contribution in [3.05, 3.63) is 0 Å². The third kappa shape index (κ3) is 1.70. The Kier molecular flexibility index (Phi) is 2.46. The molecule has 1 heterocycles. The molecule has 0 spiro atoms. The summed E-state index contributed by atoms with van der Waals surface area (Å²) in [5, 5.41) is 17.2. The van der Waals surface area contributed by atoms with Crippen LogP contribution < -0.4 is 0 Å². The van der Waals surface area contributed by atoms with E-state index >= 15 is 0 Å². The zero-order valence-corrected chi connectivity index (χ0v) is 6.53. The number of aliphatic hydroxyl groups is 1. The zero-order chi connectivity index (χ0) is 8.43. The Morgan fingerprint density at radius 1 is 1.73 bits per heavy atom. The van der Waals surface area contributed by atoms with Crippen LogP contribution in [0.5, 0.6) is 0 Å². The Hall–Kier alpha value is -0.610. The summed E-state index contributed by atoms with van der Waals surface area (Å²) in [6.45, 7) is 3.26. The van der Waals surface area contributed by atoms with Crippen molar-refractivity contribution in [1.29, 1.82) is 0 Å². The van der Waals surface area contributed by atoms with E-state index in [0.29, 0.717) is 13.1 Å². The fourth-order valence-electron chi connectivity index (χ4n) is 1.20. The molecule has 2 N–H and O–H groups in total. The molecular weight excluding hydrogens is 146 g/mol. The molecule has 0 saturated carbocycles. The Morgan fingerprint density at radius 2 is 2.27 bits per heavy atom. The molecule has 0 aromatic heterocycles. The van der Waals surface area contributed by atoms with Gasteiger partial charge >= 0.3 is 5.97 Å². The highest BCUT2D eigenvalue weighted by atomic mass is 16.4. The second-order valence-corrected chi connectivity index (χ2v) is 3.02. The molecular formula is C7H13NO3. The van der Waals surface area contributed by atoms with E-state index in [-0.39, 0.29) is 12.5 Å². The number of hydrogen-bond acceptors (Lipinski definition) is 3. The molecule has 1 rings (SSSR count). The third-order valence-electron chi connectivity index (χ3n) is 2.15. The highest BCUT2D eigenvalue weighted by Crippen LogP contribution is 2.17. The minimum atomic E-state index is -0.790. The van der Waals surface area contributed by atoms with E-state index in [4.69, 9.17) is 10.2 Å². The van der Waals surface area contributed by atoms with Crippen LogP contribution in [0, 0.1) is 5.92 Å². The van der Waals surface area contributed by atoms with Gasteiger partial charge in [0, 0.05) is 25.6 Å². The average Bonchev–Trinajstić information content (AvgIpc) is 1.85. The summed E-state index contributed by atoms with van der Waals surface area (Å²) >= 11 is 0. The molecule has 64 valence electrons. The van der Waals surface area contributed by atoms with E-state index in [1.54, 1.807) is 6.92 Å². The van der Waals surface area contributed by atoms with Crippen LogP contribution in [-0.4, -0.2) is 46.8 Å². The van der Waals surface area contributed by atoms with E-state index in [9.17, 15) is 4.79 Å². The number of aliphatic hydroxyl groups excluding tert-OH is 1. The van der Waals surface area contributed by atoms with Crippen molar-refractivity contribution < 1.29 is 15.0 Å². The van der Waals surface area contributed by atoms with Crippen molar-refractivity contribution >= 4 is 5.97 Å². The Bertz CT molecular complexity index is 154. The standard InChI is InChI=1S/C7H13NO3/c1-5(7(10)11)8-2-6(3-8)4-9/h5-6,9H,2-4H2,1H3,(H,10,11)/t5-/m0/s1. The molecule has 1 aliphatic heterocycles. The number of nitrogens with zero attached hydrogens (tertiary/aromatic N) is 1. The molecule has 0 radical (unpaired) electrons. The zero-order valence-electron chi connectivity index (χ0n) is 6.53. The van der Waals surface area contributed by atoms with Crippen molar-refractivity contribution in [1.82, 2.24) is 4.90 Å². The minimum absolute atomic E-state index is 0.169. The average molecular weight is 159 g/mol. The first kappa shape index (κ1) is 8.49. The SMILES string of the molecule is C[C@@H](C(=O)O)N1CC(CO)C1. The molecule has 0 aliphatic carbocycles. The smallest absolute Gasteiger partial charge is 0.320 e. The van der Waals surface area contributed by atoms with Crippen molar-refractivity contribution in [3.63, 3.8) is 0 Å². The molecule has 0 amide bonds. The second kappa shape index (κ2) is 3.19. The molecule has 4 heteroatoms. The summed E-state index contributed by atoms with van der Waals surface area (Å²) in [5.74, 6) is -0.502. The highest BCUT2D eigenvalue weighted by molar-refractivity contribution is 5.73. The fraction of sp³-hybridized carbons (Fsp3) is 0.857. The maximum absolute atomic E-state index is 10.4. The van der Waals surface area contributed by atoms with Crippen LogP contribution in [0.25, 0.3) is 0 Å². The molecule has 11 heavy (non-hydrogen) atoms. The van der Waals surface area contributed by atoms with Gasteiger partial charge < -0.3 is 10.2 Å². The van der Waals surface area contributed by atoms with Gasteiger partial charge in [-0.2, -0.15) is 0 Å². The summed E-state index contributed by atoms with van der Waals surface area (Å²) in [4.78, 5) is 12.3. The van der Waals surface area contributed by atoms with Crippen molar-refractivity contribution in [2.24, 2.45) is 5.92 Å². The van der Waals surface area contributed by atoms with Gasteiger partial charge in [-0.05, 0) is 6.92 Å². The minimum Gasteiger partial charge on any atom is -0.480 e. The topological polar surface area (TPSA) is 60.8 Å². The van der Waals surface area contributed by atoms with Gasteiger partial charge in [-0.1, -0.05) is 0 Å². The van der Waals surface area contributed by atoms with Crippen LogP contribution in [0.1, 0.15) is 6.92 Å². The molecule has 0 aromatic carbocycles. The van der Waals surface area contributed by atoms with Crippen LogP contribution in [0.4, 0.5) is 0 Å². The number of aliphatic carboxylic acids is 1. The number of carboxylic acids is 1. The van der Waals surface area contributed by atoms with E-state index < -0.39 is 12.0 Å². The summed E-state index contributed by atoms with van der Waals surface area (Å²) in [7, 11) is 0. The lowest BCUT2D eigenvalue weighted by atomic mass is 9.99. The largest absolute Gasteiger partial charge is 0.480 e. The third-order valence-corrected chi connectivity index (χ3v) is 2.15. The predicted octanol–water partition coefficient (Wildman–Crippen LogP) is -0.616. The summed E-state index contributed by atoms with van der Waals surface area (Å²) in [6, 6.07) is -0.405. The first-order valence-electron chi connectivity index (χ1n) is 3.73. The van der Waals surface area contributed by atoms with Gasteiger partial charge in [0.15, 0.2) is 0 Å². The quantitative estimate of drug-likeness (QED) is 0.576. The molecule has 0 unspecified atom stereocenters. The lowest BCUT2D eigenvalue weighted by Crippen LogP contribution is -2.54. The maximum atomic E-state index is 10.4. The van der Waals surface area contributed by atoms with E-state index in [1.807, 2.05) is 4.90 Å². The molecule has 1 atom stereocenters. The van der Waals surface area contributed by atoms with Gasteiger partial charge in [-0.3, -0.25) is 9.69 Å². The van der Waals surface area contributed by atoms with Gasteiger partial charge in [0.2, 0.25) is 0 Å². The van der Waals surface area contributed by atoms with E-state index in [2.05, 4.69) is 0 Å². The van der Waals surface area contributed by atoms with Crippen molar-refractivity contribution in [3.8, 4) is 0 Å². The van der Waals surface area contributed by atoms with Gasteiger partial charge in [-0.25, -0.2) is 0 Å². The lowest BCUT2D eigenvalue weighted by molar-refractivity contribution is -0.145. The Morgan fingerprint density at radius 3 is 2.64 bits per heavy atom. The normalized spacial score (nSPS) is 22.7. The predicted molar refractivity (Wildman–Crippen MR) is 39.2 cm³/mol. The second-order valence-electron chi connectivity index (χ2n) is 3.02. The maximum Gasteiger partial charge on any atom is 0.320 e. The molecule has 1 saturated heterocycles. The van der Waals surface area contributed by atoms with Gasteiger partial charge in [-0.15, -0.1) is 0 Å².